The summed E-state index contributed by atoms with van der Waals surface area (Å²) in [6, 6.07) is 2.58. The van der Waals surface area contributed by atoms with Crippen molar-refractivity contribution in [3.63, 3.8) is 0 Å². The lowest BCUT2D eigenvalue weighted by molar-refractivity contribution is 0.567. The van der Waals surface area contributed by atoms with Crippen molar-refractivity contribution in [1.29, 1.82) is 0 Å². The monoisotopic (exact) mass is 262 g/mol. The van der Waals surface area contributed by atoms with Gasteiger partial charge in [0, 0.05) is 24.6 Å². The van der Waals surface area contributed by atoms with Crippen LogP contribution in [-0.2, 0) is 0 Å². The summed E-state index contributed by atoms with van der Waals surface area (Å²) in [5.41, 5.74) is 5.93. The Labute approximate surface area is 116 Å². The highest BCUT2D eigenvalue weighted by molar-refractivity contribution is 5.49. The lowest BCUT2D eigenvalue weighted by Crippen LogP contribution is -2.29. The standard InChI is InChI=1S/C15H26N4/c1-10(2)7-8-19(12-5-6-12)14-9-13(16)17-15(18-14)11(3)4/h9-12H,5-8H2,1-4H3,(H2,16,17,18). The normalized spacial score (nSPS) is 15.3. The summed E-state index contributed by atoms with van der Waals surface area (Å²) in [6.07, 6.45) is 3.75. The van der Waals surface area contributed by atoms with Crippen LogP contribution in [0, 0.1) is 5.92 Å². The zero-order chi connectivity index (χ0) is 14.0. The molecule has 1 heterocycles. The van der Waals surface area contributed by atoms with Crippen molar-refractivity contribution in [2.24, 2.45) is 5.92 Å². The average Bonchev–Trinajstić information content (AvgIpc) is 3.12. The Hall–Kier alpha value is -1.32. The lowest BCUT2D eigenvalue weighted by atomic mass is 10.1. The minimum absolute atomic E-state index is 0.313. The van der Waals surface area contributed by atoms with Crippen molar-refractivity contribution in [2.75, 3.05) is 17.2 Å². The molecule has 4 heteroatoms. The summed E-state index contributed by atoms with van der Waals surface area (Å²) in [5.74, 6) is 3.48. The van der Waals surface area contributed by atoms with Crippen LogP contribution in [0.3, 0.4) is 0 Å². The van der Waals surface area contributed by atoms with Gasteiger partial charge >= 0.3 is 0 Å². The maximum atomic E-state index is 5.93. The highest BCUT2D eigenvalue weighted by Crippen LogP contribution is 2.32. The third-order valence-electron chi connectivity index (χ3n) is 3.50. The maximum absolute atomic E-state index is 5.93. The Morgan fingerprint density at radius 2 is 1.95 bits per heavy atom. The first-order chi connectivity index (χ1) is 8.97. The second-order valence-electron chi connectivity index (χ2n) is 6.27. The molecular weight excluding hydrogens is 236 g/mol. The number of nitrogens with zero attached hydrogens (tertiary/aromatic N) is 3. The first kappa shape index (κ1) is 14.1. The molecule has 19 heavy (non-hydrogen) atoms. The summed E-state index contributed by atoms with van der Waals surface area (Å²) >= 11 is 0. The first-order valence-corrected chi connectivity index (χ1v) is 7.38. The smallest absolute Gasteiger partial charge is 0.135 e. The molecule has 0 amide bonds. The van der Waals surface area contributed by atoms with E-state index in [0.717, 1.165) is 18.2 Å². The molecule has 2 N–H and O–H groups in total. The molecule has 0 radical (unpaired) electrons. The van der Waals surface area contributed by atoms with E-state index in [-0.39, 0.29) is 0 Å². The Balaban J connectivity index is 2.20. The fraction of sp³-hybridized carbons (Fsp3) is 0.733. The van der Waals surface area contributed by atoms with Gasteiger partial charge in [-0.2, -0.15) is 0 Å². The number of hydrogen-bond donors (Lipinski definition) is 1. The van der Waals surface area contributed by atoms with Gasteiger partial charge in [-0.15, -0.1) is 0 Å². The van der Waals surface area contributed by atoms with Crippen molar-refractivity contribution in [1.82, 2.24) is 9.97 Å². The van der Waals surface area contributed by atoms with E-state index in [4.69, 9.17) is 10.7 Å². The molecular formula is C15H26N4. The molecule has 1 saturated carbocycles. The van der Waals surface area contributed by atoms with Crippen LogP contribution in [0.15, 0.2) is 6.07 Å². The van der Waals surface area contributed by atoms with Crippen LogP contribution >= 0.6 is 0 Å². The molecule has 106 valence electrons. The zero-order valence-corrected chi connectivity index (χ0v) is 12.6. The summed E-state index contributed by atoms with van der Waals surface area (Å²) in [5, 5.41) is 0. The quantitative estimate of drug-likeness (QED) is 0.855. The van der Waals surface area contributed by atoms with Crippen LogP contribution in [-0.4, -0.2) is 22.6 Å². The molecule has 4 nitrogen and oxygen atoms in total. The van der Waals surface area contributed by atoms with E-state index in [9.17, 15) is 0 Å². The molecule has 1 fully saturated rings. The van der Waals surface area contributed by atoms with Crippen molar-refractivity contribution in [3.05, 3.63) is 11.9 Å². The van der Waals surface area contributed by atoms with Crippen LogP contribution in [0.5, 0.6) is 0 Å². The predicted molar refractivity (Wildman–Crippen MR) is 80.4 cm³/mol. The van der Waals surface area contributed by atoms with E-state index in [1.54, 1.807) is 0 Å². The number of nitrogens with two attached hydrogens (primary N) is 1. The Morgan fingerprint density at radius 3 is 2.47 bits per heavy atom. The molecule has 0 aromatic carbocycles. The van der Waals surface area contributed by atoms with Crippen molar-refractivity contribution >= 4 is 11.6 Å². The third kappa shape index (κ3) is 3.82. The molecule has 2 rings (SSSR count). The van der Waals surface area contributed by atoms with Gasteiger partial charge in [-0.3, -0.25) is 0 Å². The summed E-state index contributed by atoms with van der Waals surface area (Å²) in [4.78, 5) is 11.5. The SMILES string of the molecule is CC(C)CCN(c1cc(N)nc(C(C)C)n1)C1CC1. The molecule has 0 bridgehead atoms. The van der Waals surface area contributed by atoms with Gasteiger partial charge in [0.25, 0.3) is 0 Å². The Bertz CT molecular complexity index is 424. The van der Waals surface area contributed by atoms with Crippen LogP contribution in [0.25, 0.3) is 0 Å². The van der Waals surface area contributed by atoms with Gasteiger partial charge in [-0.25, -0.2) is 9.97 Å². The van der Waals surface area contributed by atoms with Crippen LogP contribution in [0.4, 0.5) is 11.6 Å². The first-order valence-electron chi connectivity index (χ1n) is 7.38. The number of rotatable bonds is 6. The molecule has 1 aliphatic carbocycles. The largest absolute Gasteiger partial charge is 0.384 e. The van der Waals surface area contributed by atoms with Gasteiger partial charge in [0.2, 0.25) is 0 Å². The van der Waals surface area contributed by atoms with Crippen LogP contribution in [0.2, 0.25) is 0 Å². The molecule has 0 saturated heterocycles. The van der Waals surface area contributed by atoms with E-state index < -0.39 is 0 Å². The highest BCUT2D eigenvalue weighted by atomic mass is 15.2. The number of anilines is 2. The predicted octanol–water partition coefficient (Wildman–Crippen LogP) is 3.20. The maximum Gasteiger partial charge on any atom is 0.135 e. The molecule has 1 aliphatic rings. The van der Waals surface area contributed by atoms with Gasteiger partial charge in [-0.05, 0) is 25.2 Å². The Kier molecular flexibility index (Phi) is 4.27. The fourth-order valence-corrected chi connectivity index (χ4v) is 2.14. The molecule has 1 aromatic heterocycles. The van der Waals surface area contributed by atoms with E-state index in [1.807, 2.05) is 6.07 Å². The Morgan fingerprint density at radius 1 is 1.26 bits per heavy atom. The van der Waals surface area contributed by atoms with Gasteiger partial charge in [0.15, 0.2) is 0 Å². The lowest BCUT2D eigenvalue weighted by Gasteiger charge is -2.25. The van der Waals surface area contributed by atoms with Crippen molar-refractivity contribution < 1.29 is 0 Å². The second kappa shape index (κ2) is 5.76. The van der Waals surface area contributed by atoms with E-state index in [1.165, 1.54) is 19.3 Å². The van der Waals surface area contributed by atoms with Crippen LogP contribution < -0.4 is 10.6 Å². The van der Waals surface area contributed by atoms with E-state index in [2.05, 4.69) is 37.6 Å². The van der Waals surface area contributed by atoms with Gasteiger partial charge in [0.1, 0.15) is 17.5 Å². The minimum atomic E-state index is 0.313. The topological polar surface area (TPSA) is 55.0 Å². The van der Waals surface area contributed by atoms with Crippen LogP contribution in [0.1, 0.15) is 58.7 Å². The van der Waals surface area contributed by atoms with E-state index >= 15 is 0 Å². The average molecular weight is 262 g/mol. The molecule has 0 unspecified atom stereocenters. The molecule has 0 aliphatic heterocycles. The summed E-state index contributed by atoms with van der Waals surface area (Å²) < 4.78 is 0. The number of hydrogen-bond acceptors (Lipinski definition) is 4. The number of aromatic nitrogens is 2. The molecule has 1 aromatic rings. The summed E-state index contributed by atoms with van der Waals surface area (Å²) in [7, 11) is 0. The van der Waals surface area contributed by atoms with E-state index in [0.29, 0.717) is 23.7 Å². The molecule has 0 spiro atoms. The highest BCUT2D eigenvalue weighted by Gasteiger charge is 2.30. The minimum Gasteiger partial charge on any atom is -0.384 e. The zero-order valence-electron chi connectivity index (χ0n) is 12.6. The number of nitrogen functional groups attached to an aromatic ring is 1. The molecule has 0 atom stereocenters. The van der Waals surface area contributed by atoms with Gasteiger partial charge in [0.05, 0.1) is 0 Å². The van der Waals surface area contributed by atoms with Crippen molar-refractivity contribution in [3.8, 4) is 0 Å². The summed E-state index contributed by atoms with van der Waals surface area (Å²) in [6.45, 7) is 9.80. The van der Waals surface area contributed by atoms with Gasteiger partial charge in [-0.1, -0.05) is 27.7 Å². The van der Waals surface area contributed by atoms with Gasteiger partial charge < -0.3 is 10.6 Å². The third-order valence-corrected chi connectivity index (χ3v) is 3.50. The second-order valence-corrected chi connectivity index (χ2v) is 6.27. The fourth-order valence-electron chi connectivity index (χ4n) is 2.14. The van der Waals surface area contributed by atoms with Crippen molar-refractivity contribution in [2.45, 2.75) is 58.9 Å².